The van der Waals surface area contributed by atoms with E-state index >= 15 is 0 Å². The van der Waals surface area contributed by atoms with Gasteiger partial charge in [0.05, 0.1) is 12.0 Å². The highest BCUT2D eigenvalue weighted by molar-refractivity contribution is 5.68. The zero-order chi connectivity index (χ0) is 13.1. The first-order valence-electron chi connectivity index (χ1n) is 5.88. The number of nitrogens with zero attached hydrogens (tertiary/aromatic N) is 1. The van der Waals surface area contributed by atoms with E-state index in [0.717, 1.165) is 12.0 Å². The molecule has 0 spiro atoms. The summed E-state index contributed by atoms with van der Waals surface area (Å²) >= 11 is 0. The molecule has 0 aliphatic rings. The molecule has 94 valence electrons. The Kier molecular flexibility index (Phi) is 4.29. The number of hydrogen-bond donors (Lipinski definition) is 1. The average molecular weight is 235 g/mol. The zero-order valence-corrected chi connectivity index (χ0v) is 11.0. The van der Waals surface area contributed by atoms with Gasteiger partial charge in [-0.05, 0) is 38.6 Å². The van der Waals surface area contributed by atoms with E-state index in [1.54, 1.807) is 0 Å². The van der Waals surface area contributed by atoms with Gasteiger partial charge in [0.2, 0.25) is 0 Å². The normalized spacial score (nSPS) is 14.6. The molecule has 0 saturated heterocycles. The Bertz CT molecular complexity index is 384. The van der Waals surface area contributed by atoms with Gasteiger partial charge in [0, 0.05) is 0 Å². The third-order valence-corrected chi connectivity index (χ3v) is 3.47. The van der Waals surface area contributed by atoms with Crippen LogP contribution in [0.25, 0.3) is 0 Å². The molecular formula is C14H21NO2. The summed E-state index contributed by atoms with van der Waals surface area (Å²) in [5.41, 5.74) is 1.85. The van der Waals surface area contributed by atoms with Gasteiger partial charge in [-0.1, -0.05) is 31.2 Å². The lowest BCUT2D eigenvalue weighted by Crippen LogP contribution is -2.40. The number of aliphatic carboxylic acids is 1. The first-order valence-corrected chi connectivity index (χ1v) is 5.88. The van der Waals surface area contributed by atoms with Gasteiger partial charge in [0.25, 0.3) is 0 Å². The topological polar surface area (TPSA) is 40.5 Å². The Morgan fingerprint density at radius 2 is 1.82 bits per heavy atom. The van der Waals surface area contributed by atoms with Crippen molar-refractivity contribution >= 4 is 5.97 Å². The third kappa shape index (κ3) is 3.07. The van der Waals surface area contributed by atoms with Crippen molar-refractivity contribution in [1.82, 2.24) is 4.90 Å². The second-order valence-corrected chi connectivity index (χ2v) is 4.79. The molecule has 3 nitrogen and oxygen atoms in total. The van der Waals surface area contributed by atoms with Gasteiger partial charge in [0.15, 0.2) is 0 Å². The van der Waals surface area contributed by atoms with E-state index in [2.05, 4.69) is 19.1 Å². The van der Waals surface area contributed by atoms with Crippen molar-refractivity contribution in [1.29, 1.82) is 0 Å². The van der Waals surface area contributed by atoms with Crippen molar-refractivity contribution in [2.24, 2.45) is 0 Å². The smallest absolute Gasteiger partial charge is 0.305 e. The zero-order valence-electron chi connectivity index (χ0n) is 11.0. The minimum Gasteiger partial charge on any atom is -0.481 e. The van der Waals surface area contributed by atoms with Crippen molar-refractivity contribution in [3.05, 3.63) is 35.4 Å². The maximum absolute atomic E-state index is 11.0. The van der Waals surface area contributed by atoms with Crippen LogP contribution in [0.3, 0.4) is 0 Å². The number of carboxylic acid groups (broad SMARTS) is 1. The molecule has 0 aliphatic heterocycles. The first kappa shape index (κ1) is 13.7. The molecule has 1 rings (SSSR count). The molecule has 1 aromatic rings. The molecule has 0 saturated carbocycles. The summed E-state index contributed by atoms with van der Waals surface area (Å²) in [7, 11) is 3.83. The van der Waals surface area contributed by atoms with Gasteiger partial charge >= 0.3 is 5.97 Å². The van der Waals surface area contributed by atoms with Crippen LogP contribution in [0.15, 0.2) is 24.3 Å². The summed E-state index contributed by atoms with van der Waals surface area (Å²) in [6, 6.07) is 8.20. The number of aryl methyl sites for hydroxylation is 1. The van der Waals surface area contributed by atoms with Crippen LogP contribution in [0.1, 0.15) is 31.4 Å². The average Bonchev–Trinajstić information content (AvgIpc) is 2.28. The van der Waals surface area contributed by atoms with Crippen molar-refractivity contribution in [2.45, 2.75) is 32.2 Å². The quantitative estimate of drug-likeness (QED) is 0.852. The Labute approximate surface area is 103 Å². The molecule has 0 aromatic heterocycles. The fourth-order valence-electron chi connectivity index (χ4n) is 1.91. The predicted octanol–water partition coefficient (Wildman–Crippen LogP) is 2.50. The SMILES string of the molecule is CCc1ccc(C(C)(CC(=O)O)N(C)C)cc1. The van der Waals surface area contributed by atoms with E-state index in [9.17, 15) is 4.79 Å². The van der Waals surface area contributed by atoms with Crippen LogP contribution in [0.5, 0.6) is 0 Å². The lowest BCUT2D eigenvalue weighted by Gasteiger charge is -2.36. The molecule has 3 heteroatoms. The summed E-state index contributed by atoms with van der Waals surface area (Å²) in [6.07, 6.45) is 1.10. The molecule has 0 radical (unpaired) electrons. The molecule has 1 atom stereocenters. The maximum atomic E-state index is 11.0. The van der Waals surface area contributed by atoms with Crippen LogP contribution in [-0.2, 0) is 16.8 Å². The fourth-order valence-corrected chi connectivity index (χ4v) is 1.91. The number of carboxylic acids is 1. The molecule has 0 fully saturated rings. The van der Waals surface area contributed by atoms with Gasteiger partial charge in [-0.3, -0.25) is 9.69 Å². The summed E-state index contributed by atoms with van der Waals surface area (Å²) in [5.74, 6) is -0.777. The van der Waals surface area contributed by atoms with Gasteiger partial charge in [-0.2, -0.15) is 0 Å². The number of hydrogen-bond acceptors (Lipinski definition) is 2. The fraction of sp³-hybridized carbons (Fsp3) is 0.500. The molecule has 1 N–H and O–H groups in total. The summed E-state index contributed by atoms with van der Waals surface area (Å²) in [5, 5.41) is 9.03. The second kappa shape index (κ2) is 5.32. The van der Waals surface area contributed by atoms with E-state index in [0.29, 0.717) is 0 Å². The van der Waals surface area contributed by atoms with Gasteiger partial charge in [-0.15, -0.1) is 0 Å². The van der Waals surface area contributed by atoms with Gasteiger partial charge < -0.3 is 5.11 Å². The molecule has 17 heavy (non-hydrogen) atoms. The summed E-state index contributed by atoms with van der Waals surface area (Å²) in [6.45, 7) is 4.07. The monoisotopic (exact) mass is 235 g/mol. The van der Waals surface area contributed by atoms with Gasteiger partial charge in [-0.25, -0.2) is 0 Å². The Morgan fingerprint density at radius 1 is 1.29 bits per heavy atom. The van der Waals surface area contributed by atoms with Gasteiger partial charge in [0.1, 0.15) is 0 Å². The maximum Gasteiger partial charge on any atom is 0.305 e. The molecule has 0 aliphatic carbocycles. The van der Waals surface area contributed by atoms with Crippen LogP contribution in [0, 0.1) is 0 Å². The highest BCUT2D eigenvalue weighted by atomic mass is 16.4. The van der Waals surface area contributed by atoms with Crippen LogP contribution in [-0.4, -0.2) is 30.1 Å². The minimum absolute atomic E-state index is 0.103. The number of carbonyl (C=O) groups is 1. The Balaban J connectivity index is 3.08. The number of rotatable bonds is 5. The lowest BCUT2D eigenvalue weighted by molar-refractivity contribution is -0.140. The van der Waals surface area contributed by atoms with E-state index < -0.39 is 11.5 Å². The van der Waals surface area contributed by atoms with Crippen LogP contribution < -0.4 is 0 Å². The summed E-state index contributed by atoms with van der Waals surface area (Å²) < 4.78 is 0. The summed E-state index contributed by atoms with van der Waals surface area (Å²) in [4.78, 5) is 12.9. The predicted molar refractivity (Wildman–Crippen MR) is 69.1 cm³/mol. The number of benzene rings is 1. The van der Waals surface area contributed by atoms with Crippen LogP contribution in [0.2, 0.25) is 0 Å². The second-order valence-electron chi connectivity index (χ2n) is 4.79. The van der Waals surface area contributed by atoms with Crippen molar-refractivity contribution < 1.29 is 9.90 Å². The minimum atomic E-state index is -0.777. The van der Waals surface area contributed by atoms with E-state index in [1.165, 1.54) is 5.56 Å². The standard InChI is InChI=1S/C14H21NO2/c1-5-11-6-8-12(9-7-11)14(2,15(3)4)10-13(16)17/h6-9H,5,10H2,1-4H3,(H,16,17). The highest BCUT2D eigenvalue weighted by Gasteiger charge is 2.31. The molecule has 0 amide bonds. The van der Waals surface area contributed by atoms with E-state index in [-0.39, 0.29) is 6.42 Å². The lowest BCUT2D eigenvalue weighted by atomic mass is 9.87. The van der Waals surface area contributed by atoms with Crippen molar-refractivity contribution in [3.63, 3.8) is 0 Å². The molecular weight excluding hydrogens is 214 g/mol. The molecule has 1 aromatic carbocycles. The van der Waals surface area contributed by atoms with E-state index in [4.69, 9.17) is 5.11 Å². The van der Waals surface area contributed by atoms with Crippen LogP contribution >= 0.6 is 0 Å². The molecule has 0 bridgehead atoms. The largest absolute Gasteiger partial charge is 0.481 e. The molecule has 1 unspecified atom stereocenters. The van der Waals surface area contributed by atoms with Crippen LogP contribution in [0.4, 0.5) is 0 Å². The van der Waals surface area contributed by atoms with E-state index in [1.807, 2.05) is 38.1 Å². The van der Waals surface area contributed by atoms with Crippen molar-refractivity contribution in [2.75, 3.05) is 14.1 Å². The Morgan fingerprint density at radius 3 is 2.18 bits per heavy atom. The van der Waals surface area contributed by atoms with Crippen molar-refractivity contribution in [3.8, 4) is 0 Å². The Hall–Kier alpha value is -1.35. The third-order valence-electron chi connectivity index (χ3n) is 3.47. The first-order chi connectivity index (χ1) is 7.90. The highest BCUT2D eigenvalue weighted by Crippen LogP contribution is 2.30. The molecule has 0 heterocycles.